The highest BCUT2D eigenvalue weighted by Gasteiger charge is 2.44. The van der Waals surface area contributed by atoms with Crippen LogP contribution < -0.4 is 26.2 Å². The van der Waals surface area contributed by atoms with Gasteiger partial charge in [-0.1, -0.05) is 141 Å². The van der Waals surface area contributed by atoms with Crippen molar-refractivity contribution in [3.8, 4) is 22.3 Å². The van der Waals surface area contributed by atoms with E-state index in [-0.39, 0.29) is 6.71 Å². The largest absolute Gasteiger partial charge is 0.311 e. The maximum atomic E-state index is 2.57. The first kappa shape index (κ1) is 30.1. The molecule has 0 atom stereocenters. The SMILES string of the molecule is c1ccc(-c2ccc3c(c2)B2c4ccc(-c5ccccc5)cc4N(c4ccccc4)c4cc(C5CCCCC5)cc(c42)N3c2ccccc2)cc1. The van der Waals surface area contributed by atoms with Gasteiger partial charge in [-0.3, -0.25) is 0 Å². The van der Waals surface area contributed by atoms with Gasteiger partial charge in [-0.25, -0.2) is 0 Å². The number of nitrogens with zero attached hydrogens (tertiary/aromatic N) is 2. The first-order chi connectivity index (χ1) is 25.3. The minimum Gasteiger partial charge on any atom is -0.311 e. The molecule has 10 rings (SSSR count). The number of hydrogen-bond donors (Lipinski definition) is 0. The number of para-hydroxylation sites is 2. The lowest BCUT2D eigenvalue weighted by Crippen LogP contribution is -2.61. The molecule has 3 aliphatic rings. The normalized spacial score (nSPS) is 14.9. The van der Waals surface area contributed by atoms with Gasteiger partial charge in [-0.05, 0) is 111 Å². The zero-order valence-electron chi connectivity index (χ0n) is 28.8. The first-order valence-corrected chi connectivity index (χ1v) is 18.6. The van der Waals surface area contributed by atoms with E-state index in [1.807, 2.05) is 0 Å². The molecule has 0 unspecified atom stereocenters. The van der Waals surface area contributed by atoms with Crippen LogP contribution in [0.25, 0.3) is 22.3 Å². The zero-order chi connectivity index (χ0) is 33.7. The van der Waals surface area contributed by atoms with E-state index in [1.165, 1.54) is 110 Å². The molecule has 1 aliphatic carbocycles. The molecule has 1 saturated carbocycles. The standard InChI is InChI=1S/C48H39BN2/c1-6-16-34(17-7-1)37-27-29-44-43(30-37)49-42-28-26-38(35-18-8-2-9-19-35)31-45(42)51(41-24-14-5-15-25-41)47-33-39(36-20-10-3-11-21-36)32-46(48(47)49)50(44)40-22-12-4-13-23-40/h1-2,4-9,12-19,22-33,36H,3,10-11,20-21H2. The molecule has 0 bridgehead atoms. The predicted octanol–water partition coefficient (Wildman–Crippen LogP) is 11.2. The molecule has 2 heterocycles. The third-order valence-corrected chi connectivity index (χ3v) is 11.4. The Morgan fingerprint density at radius 3 is 1.49 bits per heavy atom. The predicted molar refractivity (Wildman–Crippen MR) is 217 cm³/mol. The average Bonchev–Trinajstić information content (AvgIpc) is 3.22. The van der Waals surface area contributed by atoms with Crippen molar-refractivity contribution in [1.29, 1.82) is 0 Å². The fourth-order valence-electron chi connectivity index (χ4n) is 9.02. The Morgan fingerprint density at radius 2 is 0.902 bits per heavy atom. The van der Waals surface area contributed by atoms with Gasteiger partial charge >= 0.3 is 0 Å². The summed E-state index contributed by atoms with van der Waals surface area (Å²) in [6, 6.07) is 63.2. The van der Waals surface area contributed by atoms with E-state index in [9.17, 15) is 0 Å². The molecule has 0 radical (unpaired) electrons. The van der Waals surface area contributed by atoms with Gasteiger partial charge in [0.1, 0.15) is 0 Å². The first-order valence-electron chi connectivity index (χ1n) is 18.6. The number of hydrogen-bond acceptors (Lipinski definition) is 2. The fourth-order valence-corrected chi connectivity index (χ4v) is 9.02. The molecular formula is C48H39BN2. The van der Waals surface area contributed by atoms with Crippen molar-refractivity contribution in [2.24, 2.45) is 0 Å². The van der Waals surface area contributed by atoms with Gasteiger partial charge in [0.05, 0.1) is 0 Å². The van der Waals surface area contributed by atoms with Gasteiger partial charge in [0.25, 0.3) is 6.71 Å². The van der Waals surface area contributed by atoms with Gasteiger partial charge in [-0.2, -0.15) is 0 Å². The van der Waals surface area contributed by atoms with Crippen LogP contribution in [0.4, 0.5) is 34.1 Å². The molecule has 3 heteroatoms. The summed E-state index contributed by atoms with van der Waals surface area (Å²) in [4.78, 5) is 5.12. The molecule has 7 aromatic rings. The Bertz CT molecular complexity index is 2350. The average molecular weight is 655 g/mol. The highest BCUT2D eigenvalue weighted by molar-refractivity contribution is 7.00. The highest BCUT2D eigenvalue weighted by Crippen LogP contribution is 2.47. The van der Waals surface area contributed by atoms with Crippen LogP contribution in [0, 0.1) is 0 Å². The molecule has 51 heavy (non-hydrogen) atoms. The van der Waals surface area contributed by atoms with E-state index in [0.717, 1.165) is 0 Å². The van der Waals surface area contributed by atoms with Crippen molar-refractivity contribution in [3.05, 3.63) is 175 Å². The monoisotopic (exact) mass is 654 g/mol. The van der Waals surface area contributed by atoms with Crippen molar-refractivity contribution >= 4 is 57.2 Å². The Labute approximate surface area is 301 Å². The smallest absolute Gasteiger partial charge is 0.252 e. The van der Waals surface area contributed by atoms with Crippen molar-refractivity contribution in [1.82, 2.24) is 0 Å². The maximum absolute atomic E-state index is 2.57. The number of benzene rings is 7. The summed E-state index contributed by atoms with van der Waals surface area (Å²) in [7, 11) is 0. The van der Waals surface area contributed by atoms with Crippen LogP contribution in [0.15, 0.2) is 170 Å². The van der Waals surface area contributed by atoms with Gasteiger partial charge in [0.15, 0.2) is 0 Å². The Balaban J connectivity index is 1.30. The lowest BCUT2D eigenvalue weighted by Gasteiger charge is -2.45. The third kappa shape index (κ3) is 5.10. The summed E-state index contributed by atoms with van der Waals surface area (Å²) in [5.41, 5.74) is 18.0. The molecule has 7 aromatic carbocycles. The fraction of sp³-hybridized carbons (Fsp3) is 0.125. The number of rotatable bonds is 5. The van der Waals surface area contributed by atoms with Crippen LogP contribution in [0.1, 0.15) is 43.6 Å². The summed E-state index contributed by atoms with van der Waals surface area (Å²) in [6.45, 7) is 0.0776. The van der Waals surface area contributed by atoms with Crippen LogP contribution >= 0.6 is 0 Å². The van der Waals surface area contributed by atoms with Gasteiger partial charge < -0.3 is 9.80 Å². The Kier molecular flexibility index (Phi) is 7.38. The van der Waals surface area contributed by atoms with Crippen LogP contribution in [-0.2, 0) is 0 Å². The van der Waals surface area contributed by atoms with E-state index in [0.29, 0.717) is 5.92 Å². The van der Waals surface area contributed by atoms with E-state index in [2.05, 4.69) is 180 Å². The van der Waals surface area contributed by atoms with Crippen molar-refractivity contribution in [2.75, 3.05) is 9.80 Å². The summed E-state index contributed by atoms with van der Waals surface area (Å²) < 4.78 is 0. The lowest BCUT2D eigenvalue weighted by molar-refractivity contribution is 0.444. The second kappa shape index (κ2) is 12.5. The van der Waals surface area contributed by atoms with E-state index in [1.54, 1.807) is 0 Å². The Hall–Kier alpha value is -5.80. The third-order valence-electron chi connectivity index (χ3n) is 11.4. The molecular weight excluding hydrogens is 615 g/mol. The van der Waals surface area contributed by atoms with E-state index >= 15 is 0 Å². The maximum Gasteiger partial charge on any atom is 0.252 e. The summed E-state index contributed by atoms with van der Waals surface area (Å²) in [6.07, 6.45) is 6.46. The van der Waals surface area contributed by atoms with Crippen molar-refractivity contribution in [3.63, 3.8) is 0 Å². The quantitative estimate of drug-likeness (QED) is 0.170. The Morgan fingerprint density at radius 1 is 0.392 bits per heavy atom. The number of fused-ring (bicyclic) bond motifs is 4. The molecule has 1 fully saturated rings. The molecule has 2 aliphatic heterocycles. The lowest BCUT2D eigenvalue weighted by atomic mass is 9.33. The summed E-state index contributed by atoms with van der Waals surface area (Å²) in [5, 5.41) is 0. The van der Waals surface area contributed by atoms with Crippen LogP contribution in [-0.4, -0.2) is 6.71 Å². The van der Waals surface area contributed by atoms with Crippen LogP contribution in [0.3, 0.4) is 0 Å². The van der Waals surface area contributed by atoms with Crippen LogP contribution in [0.5, 0.6) is 0 Å². The van der Waals surface area contributed by atoms with E-state index < -0.39 is 0 Å². The molecule has 0 spiro atoms. The van der Waals surface area contributed by atoms with Gasteiger partial charge in [0, 0.05) is 34.1 Å². The van der Waals surface area contributed by atoms with E-state index in [4.69, 9.17) is 0 Å². The molecule has 2 nitrogen and oxygen atoms in total. The molecule has 244 valence electrons. The summed E-state index contributed by atoms with van der Waals surface area (Å²) >= 11 is 0. The molecule has 0 saturated heterocycles. The minimum atomic E-state index is 0.0776. The molecule has 0 aromatic heterocycles. The van der Waals surface area contributed by atoms with Crippen molar-refractivity contribution < 1.29 is 0 Å². The van der Waals surface area contributed by atoms with Gasteiger partial charge in [0.2, 0.25) is 0 Å². The van der Waals surface area contributed by atoms with Crippen molar-refractivity contribution in [2.45, 2.75) is 38.0 Å². The highest BCUT2D eigenvalue weighted by atomic mass is 15.2. The van der Waals surface area contributed by atoms with Gasteiger partial charge in [-0.15, -0.1) is 0 Å². The minimum absolute atomic E-state index is 0.0776. The second-order valence-electron chi connectivity index (χ2n) is 14.4. The topological polar surface area (TPSA) is 6.48 Å². The van der Waals surface area contributed by atoms with Crippen LogP contribution in [0.2, 0.25) is 0 Å². The summed E-state index contributed by atoms with van der Waals surface area (Å²) in [5.74, 6) is 0.563. The number of anilines is 6. The molecule has 0 N–H and O–H groups in total. The zero-order valence-corrected chi connectivity index (χ0v) is 28.8. The second-order valence-corrected chi connectivity index (χ2v) is 14.4. The molecule has 0 amide bonds.